The predicted molar refractivity (Wildman–Crippen MR) is 72.2 cm³/mol. The number of nitrogens with zero attached hydrogens (tertiary/aromatic N) is 1. The second kappa shape index (κ2) is 5.93. The van der Waals surface area contributed by atoms with Crippen LogP contribution in [0.1, 0.15) is 18.5 Å². The van der Waals surface area contributed by atoms with Crippen LogP contribution in [0.2, 0.25) is 0 Å². The standard InChI is InChI=1S/C12H17N3OS/c1-9-4-2-6-11(14-9)15-12(17)13-8-10-5-3-7-16-10/h2,4,6,10H,3,5,7-8H2,1H3,(H2,13,14,15,17)/t10-/m0/s1. The van der Waals surface area contributed by atoms with E-state index < -0.39 is 0 Å². The Labute approximate surface area is 107 Å². The van der Waals surface area contributed by atoms with Gasteiger partial charge in [-0.1, -0.05) is 6.07 Å². The van der Waals surface area contributed by atoms with E-state index in [1.54, 1.807) is 0 Å². The summed E-state index contributed by atoms with van der Waals surface area (Å²) in [4.78, 5) is 4.32. The topological polar surface area (TPSA) is 46.2 Å². The molecule has 2 heterocycles. The van der Waals surface area contributed by atoms with Gasteiger partial charge in [0.1, 0.15) is 5.82 Å². The van der Waals surface area contributed by atoms with E-state index in [-0.39, 0.29) is 0 Å². The van der Waals surface area contributed by atoms with Crippen LogP contribution in [-0.4, -0.2) is 29.4 Å². The number of ether oxygens (including phenoxy) is 1. The average Bonchev–Trinajstić information content (AvgIpc) is 2.79. The zero-order valence-corrected chi connectivity index (χ0v) is 10.7. The molecule has 0 aliphatic carbocycles. The molecule has 17 heavy (non-hydrogen) atoms. The summed E-state index contributed by atoms with van der Waals surface area (Å²) in [6, 6.07) is 5.80. The molecule has 1 aromatic rings. The van der Waals surface area contributed by atoms with E-state index in [2.05, 4.69) is 15.6 Å². The number of aryl methyl sites for hydroxylation is 1. The molecule has 0 saturated carbocycles. The quantitative estimate of drug-likeness (QED) is 0.803. The summed E-state index contributed by atoms with van der Waals surface area (Å²) in [5, 5.41) is 6.80. The van der Waals surface area contributed by atoms with Crippen LogP contribution in [0, 0.1) is 6.92 Å². The van der Waals surface area contributed by atoms with Crippen molar-refractivity contribution in [3.05, 3.63) is 23.9 Å². The largest absolute Gasteiger partial charge is 0.376 e. The van der Waals surface area contributed by atoms with Crippen molar-refractivity contribution in [3.63, 3.8) is 0 Å². The Morgan fingerprint density at radius 1 is 1.59 bits per heavy atom. The van der Waals surface area contributed by atoms with Gasteiger partial charge in [0.25, 0.3) is 0 Å². The maximum Gasteiger partial charge on any atom is 0.172 e. The molecule has 1 saturated heterocycles. The molecule has 0 amide bonds. The first-order valence-electron chi connectivity index (χ1n) is 5.84. The minimum atomic E-state index is 0.292. The number of aromatic nitrogens is 1. The van der Waals surface area contributed by atoms with Crippen LogP contribution < -0.4 is 10.6 Å². The summed E-state index contributed by atoms with van der Waals surface area (Å²) in [7, 11) is 0. The van der Waals surface area contributed by atoms with Gasteiger partial charge in [0.05, 0.1) is 6.10 Å². The lowest BCUT2D eigenvalue weighted by molar-refractivity contribution is 0.114. The maximum absolute atomic E-state index is 5.51. The van der Waals surface area contributed by atoms with Crippen molar-refractivity contribution in [2.24, 2.45) is 0 Å². The minimum absolute atomic E-state index is 0.292. The van der Waals surface area contributed by atoms with Crippen molar-refractivity contribution in [1.82, 2.24) is 10.3 Å². The molecule has 1 atom stereocenters. The van der Waals surface area contributed by atoms with Crippen LogP contribution in [-0.2, 0) is 4.74 Å². The Hall–Kier alpha value is -1.20. The SMILES string of the molecule is Cc1cccc(NC(=S)NC[C@@H]2CCCO2)n1. The summed E-state index contributed by atoms with van der Waals surface area (Å²) in [6.07, 6.45) is 2.55. The molecule has 0 unspecified atom stereocenters. The van der Waals surface area contributed by atoms with Gasteiger partial charge < -0.3 is 15.4 Å². The van der Waals surface area contributed by atoms with Gasteiger partial charge in [-0.2, -0.15) is 0 Å². The van der Waals surface area contributed by atoms with Gasteiger partial charge in [-0.05, 0) is 44.1 Å². The Kier molecular flexibility index (Phi) is 4.28. The third-order valence-electron chi connectivity index (χ3n) is 2.64. The fourth-order valence-corrected chi connectivity index (χ4v) is 1.97. The zero-order chi connectivity index (χ0) is 12.1. The molecule has 0 bridgehead atoms. The fourth-order valence-electron chi connectivity index (χ4n) is 1.79. The molecule has 2 N–H and O–H groups in total. The molecule has 0 aromatic carbocycles. The van der Waals surface area contributed by atoms with Crippen molar-refractivity contribution in [2.75, 3.05) is 18.5 Å². The molecule has 92 valence electrons. The second-order valence-corrected chi connectivity index (χ2v) is 4.54. The van der Waals surface area contributed by atoms with Crippen LogP contribution >= 0.6 is 12.2 Å². The van der Waals surface area contributed by atoms with Crippen LogP contribution in [0.15, 0.2) is 18.2 Å². The smallest absolute Gasteiger partial charge is 0.172 e. The Morgan fingerprint density at radius 3 is 3.18 bits per heavy atom. The maximum atomic E-state index is 5.51. The van der Waals surface area contributed by atoms with E-state index in [9.17, 15) is 0 Å². The second-order valence-electron chi connectivity index (χ2n) is 4.13. The first kappa shape index (κ1) is 12.3. The molecular formula is C12H17N3OS. The van der Waals surface area contributed by atoms with Gasteiger partial charge in [0.15, 0.2) is 5.11 Å². The highest BCUT2D eigenvalue weighted by molar-refractivity contribution is 7.80. The third kappa shape index (κ3) is 3.94. The highest BCUT2D eigenvalue weighted by Crippen LogP contribution is 2.10. The number of hydrogen-bond acceptors (Lipinski definition) is 3. The van der Waals surface area contributed by atoms with Gasteiger partial charge in [0.2, 0.25) is 0 Å². The summed E-state index contributed by atoms with van der Waals surface area (Å²) in [6.45, 7) is 3.58. The van der Waals surface area contributed by atoms with E-state index in [0.29, 0.717) is 11.2 Å². The molecule has 5 heteroatoms. The average molecular weight is 251 g/mol. The Balaban J connectivity index is 1.76. The Bertz CT molecular complexity index is 391. The van der Waals surface area contributed by atoms with E-state index in [0.717, 1.165) is 37.5 Å². The van der Waals surface area contributed by atoms with Gasteiger partial charge in [0, 0.05) is 18.8 Å². The molecule has 4 nitrogen and oxygen atoms in total. The first-order chi connectivity index (χ1) is 8.24. The lowest BCUT2D eigenvalue weighted by atomic mass is 10.2. The number of anilines is 1. The van der Waals surface area contributed by atoms with E-state index in [1.165, 1.54) is 0 Å². The van der Waals surface area contributed by atoms with Crippen LogP contribution in [0.3, 0.4) is 0 Å². The lowest BCUT2D eigenvalue weighted by Gasteiger charge is -2.13. The van der Waals surface area contributed by atoms with E-state index in [1.807, 2.05) is 25.1 Å². The molecular weight excluding hydrogens is 234 g/mol. The van der Waals surface area contributed by atoms with Crippen LogP contribution in [0.25, 0.3) is 0 Å². The molecule has 1 aliphatic rings. The van der Waals surface area contributed by atoms with Gasteiger partial charge in [-0.3, -0.25) is 0 Å². The summed E-state index contributed by atoms with van der Waals surface area (Å²) in [5.41, 5.74) is 0.969. The van der Waals surface area contributed by atoms with Crippen LogP contribution in [0.4, 0.5) is 5.82 Å². The van der Waals surface area contributed by atoms with Crippen molar-refractivity contribution in [2.45, 2.75) is 25.9 Å². The highest BCUT2D eigenvalue weighted by atomic mass is 32.1. The summed E-state index contributed by atoms with van der Waals surface area (Å²) in [5.74, 6) is 0.773. The summed E-state index contributed by atoms with van der Waals surface area (Å²) >= 11 is 5.20. The predicted octanol–water partition coefficient (Wildman–Crippen LogP) is 1.86. The van der Waals surface area contributed by atoms with E-state index >= 15 is 0 Å². The van der Waals surface area contributed by atoms with Crippen molar-refractivity contribution in [3.8, 4) is 0 Å². The van der Waals surface area contributed by atoms with Gasteiger partial charge >= 0.3 is 0 Å². The van der Waals surface area contributed by atoms with Crippen molar-refractivity contribution in [1.29, 1.82) is 0 Å². The fraction of sp³-hybridized carbons (Fsp3) is 0.500. The number of nitrogens with one attached hydrogen (secondary N) is 2. The molecule has 1 aliphatic heterocycles. The van der Waals surface area contributed by atoms with Crippen molar-refractivity contribution < 1.29 is 4.74 Å². The molecule has 1 fully saturated rings. The van der Waals surface area contributed by atoms with Crippen LogP contribution in [0.5, 0.6) is 0 Å². The molecule has 0 radical (unpaired) electrons. The number of rotatable bonds is 3. The molecule has 2 rings (SSSR count). The zero-order valence-electron chi connectivity index (χ0n) is 9.90. The lowest BCUT2D eigenvalue weighted by Crippen LogP contribution is -2.35. The Morgan fingerprint density at radius 2 is 2.47 bits per heavy atom. The third-order valence-corrected chi connectivity index (χ3v) is 2.89. The monoisotopic (exact) mass is 251 g/mol. The van der Waals surface area contributed by atoms with Gasteiger partial charge in [-0.15, -0.1) is 0 Å². The number of thiocarbonyl (C=S) groups is 1. The number of pyridine rings is 1. The minimum Gasteiger partial charge on any atom is -0.376 e. The number of hydrogen-bond donors (Lipinski definition) is 2. The molecule has 1 aromatic heterocycles. The normalized spacial score (nSPS) is 19.0. The van der Waals surface area contributed by atoms with E-state index in [4.69, 9.17) is 17.0 Å². The van der Waals surface area contributed by atoms with Crippen molar-refractivity contribution >= 4 is 23.1 Å². The first-order valence-corrected chi connectivity index (χ1v) is 6.25. The molecule has 0 spiro atoms. The summed E-state index contributed by atoms with van der Waals surface area (Å²) < 4.78 is 5.51. The van der Waals surface area contributed by atoms with Gasteiger partial charge in [-0.25, -0.2) is 4.98 Å². The highest BCUT2D eigenvalue weighted by Gasteiger charge is 2.15.